The van der Waals surface area contributed by atoms with E-state index in [4.69, 9.17) is 4.74 Å². The summed E-state index contributed by atoms with van der Waals surface area (Å²) in [5, 5.41) is 40.9. The van der Waals surface area contributed by atoms with Crippen LogP contribution in [-0.4, -0.2) is 62.7 Å². The smallest absolute Gasteiger partial charge is 0.331 e. The lowest BCUT2D eigenvalue weighted by Crippen LogP contribution is -2.63. The average Bonchev–Trinajstić information content (AvgIpc) is 3.45. The Morgan fingerprint density at radius 3 is 2.60 bits per heavy atom. The first-order chi connectivity index (χ1) is 16.4. The van der Waals surface area contributed by atoms with Gasteiger partial charge in [-0.3, -0.25) is 4.79 Å². The lowest BCUT2D eigenvalue weighted by atomic mass is 9.44. The van der Waals surface area contributed by atoms with E-state index in [1.807, 2.05) is 13.8 Å². The Hall–Kier alpha value is -1.54. The molecular formula is C28H40O7. The van der Waals surface area contributed by atoms with E-state index in [-0.39, 0.29) is 53.7 Å². The number of ether oxygens (including phenoxy) is 1. The topological polar surface area (TPSA) is 128 Å². The molecule has 1 saturated heterocycles. The van der Waals surface area contributed by atoms with E-state index in [2.05, 4.69) is 6.92 Å². The van der Waals surface area contributed by atoms with E-state index in [0.29, 0.717) is 17.4 Å². The molecule has 4 aliphatic carbocycles. The molecule has 7 nitrogen and oxygen atoms in total. The third kappa shape index (κ3) is 3.24. The molecule has 1 heterocycles. The maximum atomic E-state index is 13.3. The van der Waals surface area contributed by atoms with Gasteiger partial charge in [0.25, 0.3) is 0 Å². The Balaban J connectivity index is 1.38. The van der Waals surface area contributed by atoms with Gasteiger partial charge in [-0.1, -0.05) is 13.8 Å². The molecule has 0 aromatic rings. The normalized spacial score (nSPS) is 48.1. The lowest BCUT2D eigenvalue weighted by Gasteiger charge is -2.58. The van der Waals surface area contributed by atoms with Crippen LogP contribution in [0.25, 0.3) is 0 Å². The SMILES string of the molecule is CC(CO)=C(CC(O)[C@@H](C)[C@H]1CC[C@H]2[C@@H]3CC4OC45C(O)C=CC(=O)[C@]5(C)[C@H]3CC[C@]12C)C(=O)O. The number of epoxide rings is 1. The molecule has 4 fully saturated rings. The highest BCUT2D eigenvalue weighted by molar-refractivity contribution is 5.98. The Labute approximate surface area is 207 Å². The number of carboxylic acids is 1. The van der Waals surface area contributed by atoms with E-state index in [1.54, 1.807) is 19.1 Å². The van der Waals surface area contributed by atoms with Crippen molar-refractivity contribution in [3.63, 3.8) is 0 Å². The summed E-state index contributed by atoms with van der Waals surface area (Å²) in [5.74, 6) is 0.0646. The van der Waals surface area contributed by atoms with Crippen molar-refractivity contribution in [1.82, 2.24) is 0 Å². The molecule has 35 heavy (non-hydrogen) atoms. The standard InChI is InChI=1S/C28H40O7/c1-14(13-29)16(25(33)34)11-21(30)15(2)18-5-6-19-17-12-24-28(35-24)23(32)8-7-22(31)27(28,4)20(17)9-10-26(18,19)3/h7-8,15,17-21,23-24,29-30,32H,5-6,9-13H2,1-4H3,(H,33,34)/t15-,17-,18+,19-,20-,21?,23?,24?,26+,27-,28?/m0/s1. The summed E-state index contributed by atoms with van der Waals surface area (Å²) in [6.07, 6.45) is 6.25. The number of aliphatic hydroxyl groups excluding tert-OH is 3. The van der Waals surface area contributed by atoms with Gasteiger partial charge in [0.1, 0.15) is 11.7 Å². The molecule has 0 amide bonds. The van der Waals surface area contributed by atoms with Gasteiger partial charge in [0.2, 0.25) is 0 Å². The molecule has 4 N–H and O–H groups in total. The number of ketones is 1. The highest BCUT2D eigenvalue weighted by Gasteiger charge is 2.80. The van der Waals surface area contributed by atoms with Gasteiger partial charge in [-0.25, -0.2) is 4.79 Å². The number of aliphatic hydroxyl groups is 3. The minimum atomic E-state index is -1.09. The van der Waals surface area contributed by atoms with Gasteiger partial charge >= 0.3 is 5.97 Å². The van der Waals surface area contributed by atoms with Gasteiger partial charge in [-0.05, 0) is 98.7 Å². The number of carbonyl (C=O) groups excluding carboxylic acids is 1. The minimum Gasteiger partial charge on any atom is -0.478 e. The van der Waals surface area contributed by atoms with Crippen molar-refractivity contribution in [2.75, 3.05) is 6.61 Å². The summed E-state index contributed by atoms with van der Waals surface area (Å²) >= 11 is 0. The predicted molar refractivity (Wildman–Crippen MR) is 128 cm³/mol. The molecule has 0 aromatic carbocycles. The van der Waals surface area contributed by atoms with Gasteiger partial charge in [0.05, 0.1) is 24.2 Å². The zero-order valence-electron chi connectivity index (χ0n) is 21.2. The Morgan fingerprint density at radius 2 is 1.94 bits per heavy atom. The fourth-order valence-electron chi connectivity index (χ4n) is 9.30. The summed E-state index contributed by atoms with van der Waals surface area (Å²) < 4.78 is 6.20. The summed E-state index contributed by atoms with van der Waals surface area (Å²) in [7, 11) is 0. The van der Waals surface area contributed by atoms with Crippen LogP contribution in [0.4, 0.5) is 0 Å². The fourth-order valence-corrected chi connectivity index (χ4v) is 9.30. The lowest BCUT2D eigenvalue weighted by molar-refractivity contribution is -0.151. The number of rotatable bonds is 6. The molecule has 0 bridgehead atoms. The highest BCUT2D eigenvalue weighted by atomic mass is 16.6. The zero-order valence-corrected chi connectivity index (χ0v) is 21.2. The molecule has 1 aliphatic heterocycles. The highest BCUT2D eigenvalue weighted by Crippen LogP contribution is 2.73. The fraction of sp³-hybridized carbons (Fsp3) is 0.786. The molecule has 0 aromatic heterocycles. The molecule has 5 rings (SSSR count). The Morgan fingerprint density at radius 1 is 1.23 bits per heavy atom. The second-order valence-corrected chi connectivity index (χ2v) is 12.5. The van der Waals surface area contributed by atoms with Crippen molar-refractivity contribution in [1.29, 1.82) is 0 Å². The number of allylic oxidation sites excluding steroid dienone is 1. The van der Waals surface area contributed by atoms with Crippen LogP contribution in [0.3, 0.4) is 0 Å². The summed E-state index contributed by atoms with van der Waals surface area (Å²) in [6, 6.07) is 0. The molecule has 194 valence electrons. The molecule has 0 radical (unpaired) electrons. The molecule has 7 heteroatoms. The number of hydrogen-bond donors (Lipinski definition) is 4. The summed E-state index contributed by atoms with van der Waals surface area (Å²) in [6.45, 7) is 7.64. The van der Waals surface area contributed by atoms with Crippen molar-refractivity contribution in [3.05, 3.63) is 23.3 Å². The van der Waals surface area contributed by atoms with Gasteiger partial charge in [0.15, 0.2) is 5.78 Å². The number of aliphatic carboxylic acids is 1. The first-order valence-electron chi connectivity index (χ1n) is 13.2. The van der Waals surface area contributed by atoms with Crippen LogP contribution in [0, 0.1) is 40.4 Å². The minimum absolute atomic E-state index is 0.00188. The van der Waals surface area contributed by atoms with Crippen LogP contribution in [0.5, 0.6) is 0 Å². The van der Waals surface area contributed by atoms with E-state index >= 15 is 0 Å². The predicted octanol–water partition coefficient (Wildman–Crippen LogP) is 2.87. The van der Waals surface area contributed by atoms with Gasteiger partial charge in [-0.15, -0.1) is 0 Å². The van der Waals surface area contributed by atoms with Crippen LogP contribution < -0.4 is 0 Å². The quantitative estimate of drug-likeness (QED) is 0.334. The first-order valence-corrected chi connectivity index (χ1v) is 13.2. The van der Waals surface area contributed by atoms with Crippen molar-refractivity contribution < 1.29 is 34.8 Å². The van der Waals surface area contributed by atoms with Gasteiger partial charge in [0, 0.05) is 12.0 Å². The van der Waals surface area contributed by atoms with E-state index < -0.39 is 29.2 Å². The van der Waals surface area contributed by atoms with Gasteiger partial charge in [-0.2, -0.15) is 0 Å². The van der Waals surface area contributed by atoms with E-state index in [0.717, 1.165) is 32.1 Å². The van der Waals surface area contributed by atoms with Crippen LogP contribution in [0.2, 0.25) is 0 Å². The number of hydrogen-bond acceptors (Lipinski definition) is 6. The molecular weight excluding hydrogens is 448 g/mol. The second-order valence-electron chi connectivity index (χ2n) is 12.5. The molecule has 5 aliphatic rings. The second kappa shape index (κ2) is 8.23. The zero-order chi connectivity index (χ0) is 25.5. The Bertz CT molecular complexity index is 986. The van der Waals surface area contributed by atoms with E-state index in [1.165, 1.54) is 0 Å². The third-order valence-corrected chi connectivity index (χ3v) is 11.4. The van der Waals surface area contributed by atoms with Crippen LogP contribution in [0.1, 0.15) is 66.2 Å². The van der Waals surface area contributed by atoms with Crippen molar-refractivity contribution in [3.8, 4) is 0 Å². The number of fused-ring (bicyclic) bond motifs is 4. The van der Waals surface area contributed by atoms with E-state index in [9.17, 15) is 30.0 Å². The average molecular weight is 489 g/mol. The maximum Gasteiger partial charge on any atom is 0.331 e. The number of carbonyl (C=O) groups is 2. The molecule has 11 atom stereocenters. The number of carboxylic acid groups (broad SMARTS) is 1. The molecule has 1 spiro atoms. The first kappa shape index (κ1) is 25.1. The van der Waals surface area contributed by atoms with Crippen LogP contribution in [-0.2, 0) is 14.3 Å². The van der Waals surface area contributed by atoms with Crippen molar-refractivity contribution in [2.24, 2.45) is 40.4 Å². The van der Waals surface area contributed by atoms with Crippen molar-refractivity contribution >= 4 is 11.8 Å². The summed E-state index contributed by atoms with van der Waals surface area (Å²) in [4.78, 5) is 25.0. The largest absolute Gasteiger partial charge is 0.478 e. The summed E-state index contributed by atoms with van der Waals surface area (Å²) in [5.41, 5.74) is -0.989. The monoisotopic (exact) mass is 488 g/mol. The van der Waals surface area contributed by atoms with Crippen molar-refractivity contribution in [2.45, 2.75) is 90.1 Å². The van der Waals surface area contributed by atoms with Crippen LogP contribution in [0.15, 0.2) is 23.3 Å². The third-order valence-electron chi connectivity index (χ3n) is 11.4. The maximum absolute atomic E-state index is 13.3. The molecule has 3 saturated carbocycles. The molecule has 4 unspecified atom stereocenters. The van der Waals surface area contributed by atoms with Crippen LogP contribution >= 0.6 is 0 Å². The Kier molecular flexibility index (Phi) is 5.91. The van der Waals surface area contributed by atoms with Gasteiger partial charge < -0.3 is 25.2 Å².